The van der Waals surface area contributed by atoms with Crippen LogP contribution in [0.3, 0.4) is 0 Å². The van der Waals surface area contributed by atoms with Gasteiger partial charge in [-0.2, -0.15) is 0 Å². The lowest BCUT2D eigenvalue weighted by Crippen LogP contribution is -2.42. The van der Waals surface area contributed by atoms with Crippen LogP contribution in [0.2, 0.25) is 5.02 Å². The molecule has 0 bridgehead atoms. The lowest BCUT2D eigenvalue weighted by molar-refractivity contribution is 0.0714. The molecule has 0 unspecified atom stereocenters. The third-order valence-electron chi connectivity index (χ3n) is 3.99. The minimum Gasteiger partial charge on any atom is -0.381 e. The first-order valence-electron chi connectivity index (χ1n) is 7.55. The number of aromatic nitrogens is 1. The van der Waals surface area contributed by atoms with Gasteiger partial charge in [-0.1, -0.05) is 17.7 Å². The van der Waals surface area contributed by atoms with E-state index in [1.807, 2.05) is 12.1 Å². The van der Waals surface area contributed by atoms with Gasteiger partial charge in [-0.05, 0) is 37.1 Å². The van der Waals surface area contributed by atoms with Gasteiger partial charge in [0.2, 0.25) is 0 Å². The van der Waals surface area contributed by atoms with E-state index in [1.165, 1.54) is 18.2 Å². The number of carbonyl (C=O) groups is 1. The molecule has 0 radical (unpaired) electrons. The van der Waals surface area contributed by atoms with E-state index in [0.717, 1.165) is 18.5 Å². The Morgan fingerprint density at radius 3 is 2.70 bits per heavy atom. The van der Waals surface area contributed by atoms with E-state index in [2.05, 4.69) is 10.3 Å². The number of likely N-dealkylation sites (tertiary alicyclic amines) is 1. The smallest absolute Gasteiger partial charge is 0.258 e. The molecule has 2 heterocycles. The van der Waals surface area contributed by atoms with Crippen LogP contribution in [0.25, 0.3) is 0 Å². The van der Waals surface area contributed by atoms with Crippen molar-refractivity contribution in [2.45, 2.75) is 18.9 Å². The minimum absolute atomic E-state index is 0.0344. The molecule has 1 saturated heterocycles. The average molecular weight is 334 g/mol. The van der Waals surface area contributed by atoms with Crippen LogP contribution in [-0.4, -0.2) is 34.9 Å². The third kappa shape index (κ3) is 3.62. The van der Waals surface area contributed by atoms with Crippen molar-refractivity contribution in [1.29, 1.82) is 0 Å². The summed E-state index contributed by atoms with van der Waals surface area (Å²) in [5, 5.41) is 3.56. The standard InChI is InChI=1S/C17H17ClFN3O/c18-14-4-1-5-15(19)16(14)17(23)22-9-6-12(7-10-22)21-13-3-2-8-20-11-13/h1-5,8,11-12,21H,6-7,9-10H2. The highest BCUT2D eigenvalue weighted by Gasteiger charge is 2.26. The summed E-state index contributed by atoms with van der Waals surface area (Å²) in [5.74, 6) is -0.911. The summed E-state index contributed by atoms with van der Waals surface area (Å²) in [6.07, 6.45) is 5.10. The van der Waals surface area contributed by atoms with Crippen molar-refractivity contribution in [3.63, 3.8) is 0 Å². The average Bonchev–Trinajstić information content (AvgIpc) is 2.56. The van der Waals surface area contributed by atoms with E-state index < -0.39 is 5.82 Å². The van der Waals surface area contributed by atoms with Crippen molar-refractivity contribution in [2.24, 2.45) is 0 Å². The van der Waals surface area contributed by atoms with Gasteiger partial charge in [0.05, 0.1) is 16.3 Å². The predicted molar refractivity (Wildman–Crippen MR) is 88.2 cm³/mol. The lowest BCUT2D eigenvalue weighted by Gasteiger charge is -2.33. The largest absolute Gasteiger partial charge is 0.381 e. The Balaban J connectivity index is 1.62. The van der Waals surface area contributed by atoms with E-state index in [4.69, 9.17) is 11.6 Å². The molecule has 1 aliphatic rings. The molecule has 3 rings (SSSR count). The van der Waals surface area contributed by atoms with Crippen LogP contribution < -0.4 is 5.32 Å². The Morgan fingerprint density at radius 1 is 1.26 bits per heavy atom. The monoisotopic (exact) mass is 333 g/mol. The first-order valence-corrected chi connectivity index (χ1v) is 7.93. The first-order chi connectivity index (χ1) is 11.1. The van der Waals surface area contributed by atoms with Crippen molar-refractivity contribution in [3.8, 4) is 0 Å². The second-order valence-electron chi connectivity index (χ2n) is 5.55. The highest BCUT2D eigenvalue weighted by Crippen LogP contribution is 2.23. The zero-order chi connectivity index (χ0) is 16.2. The Morgan fingerprint density at radius 2 is 2.04 bits per heavy atom. The number of halogens is 2. The molecular weight excluding hydrogens is 317 g/mol. The highest BCUT2D eigenvalue weighted by molar-refractivity contribution is 6.33. The van der Waals surface area contributed by atoms with Crippen LogP contribution in [0.15, 0.2) is 42.7 Å². The van der Waals surface area contributed by atoms with Gasteiger partial charge in [-0.25, -0.2) is 4.39 Å². The number of amides is 1. The molecule has 1 N–H and O–H groups in total. The Hall–Kier alpha value is -2.14. The molecule has 1 aromatic heterocycles. The fourth-order valence-electron chi connectivity index (χ4n) is 2.77. The molecule has 23 heavy (non-hydrogen) atoms. The number of piperidine rings is 1. The lowest BCUT2D eigenvalue weighted by atomic mass is 10.0. The van der Waals surface area contributed by atoms with E-state index in [1.54, 1.807) is 17.3 Å². The first kappa shape index (κ1) is 15.7. The number of hydrogen-bond acceptors (Lipinski definition) is 3. The van der Waals surface area contributed by atoms with Crippen molar-refractivity contribution in [1.82, 2.24) is 9.88 Å². The number of nitrogens with one attached hydrogen (secondary N) is 1. The molecule has 1 fully saturated rings. The van der Waals surface area contributed by atoms with Gasteiger partial charge in [-0.3, -0.25) is 9.78 Å². The SMILES string of the molecule is O=C(c1c(F)cccc1Cl)N1CCC(Nc2cccnc2)CC1. The maximum absolute atomic E-state index is 13.9. The molecular formula is C17H17ClFN3O. The van der Waals surface area contributed by atoms with Gasteiger partial charge in [0.15, 0.2) is 0 Å². The summed E-state index contributed by atoms with van der Waals surface area (Å²) in [7, 11) is 0. The van der Waals surface area contributed by atoms with Gasteiger partial charge in [-0.15, -0.1) is 0 Å². The van der Waals surface area contributed by atoms with Crippen molar-refractivity contribution in [2.75, 3.05) is 18.4 Å². The van der Waals surface area contributed by atoms with Crippen LogP contribution in [0.4, 0.5) is 10.1 Å². The fraction of sp³-hybridized carbons (Fsp3) is 0.294. The normalized spacial score (nSPS) is 15.5. The molecule has 120 valence electrons. The molecule has 0 aliphatic carbocycles. The molecule has 0 atom stereocenters. The van der Waals surface area contributed by atoms with E-state index in [-0.39, 0.29) is 22.5 Å². The number of anilines is 1. The van der Waals surface area contributed by atoms with E-state index >= 15 is 0 Å². The van der Waals surface area contributed by atoms with Crippen LogP contribution in [-0.2, 0) is 0 Å². The van der Waals surface area contributed by atoms with Crippen LogP contribution >= 0.6 is 11.6 Å². The van der Waals surface area contributed by atoms with Crippen molar-refractivity contribution < 1.29 is 9.18 Å². The molecule has 1 aliphatic heterocycles. The molecule has 0 spiro atoms. The number of nitrogens with zero attached hydrogens (tertiary/aromatic N) is 2. The highest BCUT2D eigenvalue weighted by atomic mass is 35.5. The summed E-state index contributed by atoms with van der Waals surface area (Å²) in [5.41, 5.74) is 0.933. The van der Waals surface area contributed by atoms with Gasteiger partial charge >= 0.3 is 0 Å². The number of benzene rings is 1. The van der Waals surface area contributed by atoms with Crippen LogP contribution in [0.5, 0.6) is 0 Å². The number of carbonyl (C=O) groups excluding carboxylic acids is 1. The summed E-state index contributed by atoms with van der Waals surface area (Å²) in [6.45, 7) is 1.14. The van der Waals surface area contributed by atoms with Gasteiger partial charge in [0.1, 0.15) is 5.82 Å². The second-order valence-corrected chi connectivity index (χ2v) is 5.96. The van der Waals surface area contributed by atoms with Crippen LogP contribution in [0.1, 0.15) is 23.2 Å². The Labute approximate surface area is 139 Å². The Bertz CT molecular complexity index is 667. The molecule has 1 amide bonds. The fourth-order valence-corrected chi connectivity index (χ4v) is 3.01. The quantitative estimate of drug-likeness (QED) is 0.933. The molecule has 4 nitrogen and oxygen atoms in total. The zero-order valence-electron chi connectivity index (χ0n) is 12.5. The van der Waals surface area contributed by atoms with E-state index in [0.29, 0.717) is 13.1 Å². The molecule has 6 heteroatoms. The predicted octanol–water partition coefficient (Wildman–Crippen LogP) is 3.59. The number of rotatable bonds is 3. The van der Waals surface area contributed by atoms with Crippen molar-refractivity contribution >= 4 is 23.2 Å². The maximum Gasteiger partial charge on any atom is 0.258 e. The topological polar surface area (TPSA) is 45.2 Å². The summed E-state index contributed by atoms with van der Waals surface area (Å²) < 4.78 is 13.9. The van der Waals surface area contributed by atoms with E-state index in [9.17, 15) is 9.18 Å². The maximum atomic E-state index is 13.9. The van der Waals surface area contributed by atoms with Crippen LogP contribution in [0, 0.1) is 5.82 Å². The molecule has 0 saturated carbocycles. The summed E-state index contributed by atoms with van der Waals surface area (Å²) in [6, 6.07) is 8.41. The summed E-state index contributed by atoms with van der Waals surface area (Å²) in [4.78, 5) is 18.2. The van der Waals surface area contributed by atoms with Crippen molar-refractivity contribution in [3.05, 3.63) is 59.1 Å². The zero-order valence-corrected chi connectivity index (χ0v) is 13.3. The van der Waals surface area contributed by atoms with Gasteiger partial charge in [0.25, 0.3) is 5.91 Å². The molecule has 1 aromatic carbocycles. The van der Waals surface area contributed by atoms with Gasteiger partial charge < -0.3 is 10.2 Å². The minimum atomic E-state index is -0.571. The Kier molecular flexibility index (Phi) is 4.76. The second kappa shape index (κ2) is 6.96. The number of hydrogen-bond donors (Lipinski definition) is 1. The summed E-state index contributed by atoms with van der Waals surface area (Å²) >= 11 is 5.97. The number of pyridine rings is 1. The molecule has 2 aromatic rings. The van der Waals surface area contributed by atoms with Gasteiger partial charge in [0, 0.05) is 31.5 Å². The third-order valence-corrected chi connectivity index (χ3v) is 4.31.